The highest BCUT2D eigenvalue weighted by Crippen LogP contribution is 2.33. The van der Waals surface area contributed by atoms with Crippen LogP contribution in [0, 0.1) is 17.8 Å². The smallest absolute Gasteiger partial charge is 0.313 e. The third kappa shape index (κ3) is 17.7. The van der Waals surface area contributed by atoms with Gasteiger partial charge in [-0.15, -0.1) is 0 Å². The van der Waals surface area contributed by atoms with Gasteiger partial charge < -0.3 is 44.7 Å². The quantitative estimate of drug-likeness (QED) is 0.0164. The number of quaternary nitrogens is 1. The second-order valence-corrected chi connectivity index (χ2v) is 21.4. The van der Waals surface area contributed by atoms with Crippen molar-refractivity contribution in [3.63, 3.8) is 0 Å². The number of nitrogens with zero attached hydrogens (tertiary/aromatic N) is 1. The van der Waals surface area contributed by atoms with Gasteiger partial charge in [-0.3, -0.25) is 33.6 Å². The van der Waals surface area contributed by atoms with Crippen LogP contribution >= 0.6 is 0 Å². The lowest BCUT2D eigenvalue weighted by molar-refractivity contribution is -0.940. The summed E-state index contributed by atoms with van der Waals surface area (Å²) in [6, 6.07) is 27.1. The van der Waals surface area contributed by atoms with Gasteiger partial charge in [0.25, 0.3) is 5.91 Å². The maximum absolute atomic E-state index is 14.7. The summed E-state index contributed by atoms with van der Waals surface area (Å²) < 4.78 is 23.6. The van der Waals surface area contributed by atoms with E-state index >= 15 is 0 Å². The Balaban J connectivity index is 1.22. The first-order valence-electron chi connectivity index (χ1n) is 26.2. The largest absolute Gasteiger partial charge is 0.485 e. The monoisotopic (exact) mass is 1030 g/mol. The average molecular weight is 1030 g/mol. The molecule has 16 heteroatoms. The molecule has 2 saturated heterocycles. The van der Waals surface area contributed by atoms with Gasteiger partial charge in [0.2, 0.25) is 17.7 Å². The van der Waals surface area contributed by atoms with Crippen LogP contribution in [0.3, 0.4) is 0 Å². The van der Waals surface area contributed by atoms with Gasteiger partial charge in [-0.05, 0) is 79.3 Å². The average Bonchev–Trinajstić information content (AvgIpc) is 4.15. The van der Waals surface area contributed by atoms with Crippen molar-refractivity contribution in [2.45, 2.75) is 123 Å². The van der Waals surface area contributed by atoms with E-state index in [1.54, 1.807) is 51.1 Å². The standard InChI is InChI=1S/C59H75N5O11/c1-39(2)30-48(54(67)59(7)38-74-59)61-57(70)50(32-43-16-12-9-13-17-43)63-56(69)49(31-40(3)4)62-55(68)47(24-22-42-14-10-8-11-15-42)60-53(66)35-64(26-28-72-29-27-64)34-46-23-25-51(75-58(71)41(5)6)52(33-46)73-37-45-20-18-44(36-65)19-21-45/h8-21,23,25,33,36,39-41,47-50H,22,24,26-32,34-35,37-38H2,1-7H3,(H3-,60,61,62,63,66,68,69,70)/p+1/t47-,48-,49-,50-,59+/m0/s1. The lowest BCUT2D eigenvalue weighted by atomic mass is 9.93. The van der Waals surface area contributed by atoms with E-state index in [4.69, 9.17) is 18.9 Å². The number of nitrogens with one attached hydrogen (secondary N) is 4. The van der Waals surface area contributed by atoms with E-state index in [-0.39, 0.29) is 78.7 Å². The highest BCUT2D eigenvalue weighted by atomic mass is 16.6. The zero-order chi connectivity index (χ0) is 54.1. The fraction of sp³-hybridized carbons (Fsp3) is 0.475. The van der Waals surface area contributed by atoms with Crippen molar-refractivity contribution in [3.8, 4) is 11.5 Å². The number of rotatable bonds is 28. The zero-order valence-electron chi connectivity index (χ0n) is 44.6. The number of carbonyl (C=O) groups is 7. The minimum absolute atomic E-state index is 0.000393. The highest BCUT2D eigenvalue weighted by Gasteiger charge is 2.50. The summed E-state index contributed by atoms with van der Waals surface area (Å²) in [5, 5.41) is 11.9. The molecule has 0 radical (unpaired) electrons. The number of epoxide rings is 1. The Morgan fingerprint density at radius 1 is 0.653 bits per heavy atom. The molecular formula is C59H76N5O11+. The molecule has 402 valence electrons. The van der Waals surface area contributed by atoms with Gasteiger partial charge in [0.1, 0.15) is 56.3 Å². The number of benzene rings is 4. The molecule has 4 aromatic carbocycles. The molecule has 2 aliphatic rings. The summed E-state index contributed by atoms with van der Waals surface area (Å²) in [5.74, 6) is -2.46. The van der Waals surface area contributed by atoms with E-state index in [9.17, 15) is 33.6 Å². The van der Waals surface area contributed by atoms with Gasteiger partial charge in [0, 0.05) is 17.5 Å². The van der Waals surface area contributed by atoms with Crippen LogP contribution < -0.4 is 30.7 Å². The highest BCUT2D eigenvalue weighted by molar-refractivity contribution is 5.99. The van der Waals surface area contributed by atoms with Gasteiger partial charge in [-0.25, -0.2) is 0 Å². The number of morpholine rings is 1. The van der Waals surface area contributed by atoms with Crippen LogP contribution in [0.2, 0.25) is 0 Å². The Kier molecular flexibility index (Phi) is 20.8. The zero-order valence-corrected chi connectivity index (χ0v) is 44.6. The first-order valence-corrected chi connectivity index (χ1v) is 26.2. The molecule has 4 amide bonds. The third-order valence-corrected chi connectivity index (χ3v) is 13.5. The maximum Gasteiger partial charge on any atom is 0.313 e. The number of amides is 4. The van der Waals surface area contributed by atoms with Crippen LogP contribution in [0.1, 0.15) is 100 Å². The van der Waals surface area contributed by atoms with Crippen molar-refractivity contribution in [1.82, 2.24) is 21.3 Å². The molecule has 4 N–H and O–H groups in total. The Labute approximate surface area is 441 Å². The Morgan fingerprint density at radius 3 is 1.81 bits per heavy atom. The van der Waals surface area contributed by atoms with E-state index in [0.29, 0.717) is 57.0 Å². The SMILES string of the molecule is CC(C)C[C@H](NC(=O)[C@H](CCc1ccccc1)NC(=O)C[N+]1(Cc2ccc(OC(=O)C(C)C)c(OCc3ccc(C=O)cc3)c2)CCOCC1)C(=O)N[C@@H](Cc1ccccc1)C(=O)N[C@@H](CC(C)C)C(=O)[C@@]1(C)CO1. The Morgan fingerprint density at radius 2 is 1.21 bits per heavy atom. The van der Waals surface area contributed by atoms with E-state index in [0.717, 1.165) is 28.5 Å². The lowest BCUT2D eigenvalue weighted by Crippen LogP contribution is -2.61. The van der Waals surface area contributed by atoms with Crippen LogP contribution in [0.5, 0.6) is 11.5 Å². The van der Waals surface area contributed by atoms with Crippen molar-refractivity contribution >= 4 is 41.7 Å². The van der Waals surface area contributed by atoms with Crippen LogP contribution in [-0.4, -0.2) is 115 Å². The molecule has 0 saturated carbocycles. The Bertz CT molecular complexity index is 2560. The topological polar surface area (TPSA) is 208 Å². The number of esters is 1. The van der Waals surface area contributed by atoms with Gasteiger partial charge in [0.15, 0.2) is 23.8 Å². The Hall–Kier alpha value is -6.75. The van der Waals surface area contributed by atoms with Gasteiger partial charge in [0.05, 0.1) is 31.8 Å². The molecule has 16 nitrogen and oxygen atoms in total. The molecule has 5 atom stereocenters. The van der Waals surface area contributed by atoms with Crippen LogP contribution in [-0.2, 0) is 64.2 Å². The first-order chi connectivity index (χ1) is 35.8. The fourth-order valence-electron chi connectivity index (χ4n) is 9.09. The number of ketones is 1. The summed E-state index contributed by atoms with van der Waals surface area (Å²) in [4.78, 5) is 95.5. The molecule has 0 bridgehead atoms. The molecule has 2 aliphatic heterocycles. The molecule has 0 aliphatic carbocycles. The summed E-state index contributed by atoms with van der Waals surface area (Å²) in [6.45, 7) is 15.5. The summed E-state index contributed by atoms with van der Waals surface area (Å²) in [6.07, 6.45) is 2.18. The molecular weight excluding hydrogens is 955 g/mol. The maximum atomic E-state index is 14.7. The van der Waals surface area contributed by atoms with Gasteiger partial charge in [-0.1, -0.05) is 126 Å². The van der Waals surface area contributed by atoms with E-state index < -0.39 is 53.5 Å². The number of hydrogen-bond acceptors (Lipinski definition) is 11. The van der Waals surface area contributed by atoms with Crippen molar-refractivity contribution in [1.29, 1.82) is 0 Å². The summed E-state index contributed by atoms with van der Waals surface area (Å²) in [5.41, 5.74) is 2.92. The van der Waals surface area contributed by atoms with Crippen LogP contribution in [0.4, 0.5) is 0 Å². The molecule has 0 unspecified atom stereocenters. The number of hydrogen-bond donors (Lipinski definition) is 4. The normalized spacial score (nSPS) is 17.5. The van der Waals surface area contributed by atoms with Crippen molar-refractivity contribution in [2.24, 2.45) is 17.8 Å². The van der Waals surface area contributed by atoms with Crippen LogP contribution in [0.25, 0.3) is 0 Å². The van der Waals surface area contributed by atoms with Gasteiger partial charge >= 0.3 is 5.97 Å². The number of aryl methyl sites for hydroxylation is 1. The second kappa shape index (κ2) is 27.2. The fourth-order valence-corrected chi connectivity index (χ4v) is 9.09. The number of ether oxygens (including phenoxy) is 4. The minimum atomic E-state index is -1.10. The summed E-state index contributed by atoms with van der Waals surface area (Å²) in [7, 11) is 0. The van der Waals surface area contributed by atoms with E-state index in [1.807, 2.05) is 100 Å². The van der Waals surface area contributed by atoms with Crippen molar-refractivity contribution < 1.29 is 57.0 Å². The van der Waals surface area contributed by atoms with Crippen molar-refractivity contribution in [2.75, 3.05) is 39.5 Å². The van der Waals surface area contributed by atoms with Crippen molar-refractivity contribution in [3.05, 3.63) is 131 Å². The second-order valence-electron chi connectivity index (χ2n) is 21.4. The molecule has 2 heterocycles. The number of aldehydes is 1. The number of carbonyl (C=O) groups excluding carboxylic acids is 7. The van der Waals surface area contributed by atoms with E-state index in [2.05, 4.69) is 21.3 Å². The van der Waals surface area contributed by atoms with Gasteiger partial charge in [-0.2, -0.15) is 0 Å². The molecule has 75 heavy (non-hydrogen) atoms. The summed E-state index contributed by atoms with van der Waals surface area (Å²) >= 11 is 0. The lowest BCUT2D eigenvalue weighted by Gasteiger charge is -2.41. The van der Waals surface area contributed by atoms with E-state index in [1.165, 1.54) is 0 Å². The predicted octanol–water partition coefficient (Wildman–Crippen LogP) is 6.25. The third-order valence-electron chi connectivity index (χ3n) is 13.5. The molecule has 0 spiro atoms. The van der Waals surface area contributed by atoms with Crippen LogP contribution in [0.15, 0.2) is 103 Å². The first kappa shape index (κ1) is 57.5. The molecule has 0 aromatic heterocycles. The predicted molar refractivity (Wildman–Crippen MR) is 283 cm³/mol. The molecule has 4 aromatic rings. The number of Topliss-reactive ketones (excluding diaryl/α,β-unsaturated/α-hetero) is 1. The molecule has 6 rings (SSSR count). The minimum Gasteiger partial charge on any atom is -0.485 e. The molecule has 2 fully saturated rings.